The Labute approximate surface area is 194 Å². The molecule has 0 unspecified atom stereocenters. The fraction of sp³-hybridized carbons (Fsp3) is 0.214. The van der Waals surface area contributed by atoms with Crippen LogP contribution in [0.4, 0.5) is 11.4 Å². The van der Waals surface area contributed by atoms with Crippen LogP contribution in [0.1, 0.15) is 42.0 Å². The largest absolute Gasteiger partial charge is 0.497 e. The van der Waals surface area contributed by atoms with Crippen molar-refractivity contribution in [2.75, 3.05) is 17.3 Å². The van der Waals surface area contributed by atoms with E-state index in [1.165, 1.54) is 4.90 Å². The number of benzene rings is 3. The Bertz CT molecular complexity index is 1240. The summed E-state index contributed by atoms with van der Waals surface area (Å²) in [7, 11) is 1.59. The number of aryl methyl sites for hydroxylation is 2. The number of rotatable bonds is 6. The third-order valence-electron chi connectivity index (χ3n) is 5.92. The molecule has 0 bridgehead atoms. The summed E-state index contributed by atoms with van der Waals surface area (Å²) in [6.07, 6.45) is 0. The van der Waals surface area contributed by atoms with E-state index in [1.54, 1.807) is 31.4 Å². The molecule has 1 N–H and O–H groups in total. The highest BCUT2D eigenvalue weighted by Crippen LogP contribution is 2.35. The first-order valence-electron chi connectivity index (χ1n) is 11.0. The second-order valence-electron chi connectivity index (χ2n) is 8.61. The zero-order valence-electron chi connectivity index (χ0n) is 19.6. The van der Waals surface area contributed by atoms with Gasteiger partial charge in [-0.05, 0) is 66.8 Å². The van der Waals surface area contributed by atoms with E-state index in [1.807, 2.05) is 56.3 Å². The van der Waals surface area contributed by atoms with Gasteiger partial charge in [-0.1, -0.05) is 55.8 Å². The second-order valence-corrected chi connectivity index (χ2v) is 8.61. The highest BCUT2D eigenvalue weighted by Gasteiger charge is 2.40. The molecule has 1 aliphatic rings. The molecule has 3 aromatic rings. The van der Waals surface area contributed by atoms with Crippen LogP contribution in [0.5, 0.6) is 5.75 Å². The van der Waals surface area contributed by atoms with Crippen LogP contribution in [0.15, 0.2) is 72.4 Å². The molecule has 4 rings (SSSR count). The summed E-state index contributed by atoms with van der Waals surface area (Å²) in [6.45, 7) is 8.21. The van der Waals surface area contributed by atoms with Gasteiger partial charge in [-0.2, -0.15) is 0 Å². The van der Waals surface area contributed by atoms with Crippen molar-refractivity contribution < 1.29 is 14.3 Å². The number of imide groups is 1. The highest BCUT2D eigenvalue weighted by atomic mass is 16.5. The number of anilines is 2. The van der Waals surface area contributed by atoms with E-state index < -0.39 is 0 Å². The van der Waals surface area contributed by atoms with Crippen LogP contribution >= 0.6 is 0 Å². The van der Waals surface area contributed by atoms with Crippen LogP contribution in [0, 0.1) is 13.8 Å². The Kier molecular flexibility index (Phi) is 6.05. The Morgan fingerprint density at radius 3 is 2.09 bits per heavy atom. The van der Waals surface area contributed by atoms with Gasteiger partial charge in [0.15, 0.2) is 0 Å². The molecule has 0 aromatic heterocycles. The average molecular weight is 441 g/mol. The molecule has 0 spiro atoms. The van der Waals surface area contributed by atoms with Crippen molar-refractivity contribution in [3.8, 4) is 5.75 Å². The van der Waals surface area contributed by atoms with Crippen LogP contribution in [0.25, 0.3) is 5.57 Å². The maximum absolute atomic E-state index is 13.6. The average Bonchev–Trinajstić information content (AvgIpc) is 3.05. The standard InChI is InChI=1S/C28H28N2O3/c1-17(2)20-7-11-22(12-8-20)30-27(31)25(21-9-13-23(33-5)14-10-21)26(28(30)32)29-24-15-6-18(3)16-19(24)4/h6-17,29H,1-5H3. The molecule has 0 aliphatic carbocycles. The first-order valence-corrected chi connectivity index (χ1v) is 11.0. The van der Waals surface area contributed by atoms with Crippen molar-refractivity contribution in [2.24, 2.45) is 0 Å². The van der Waals surface area contributed by atoms with Gasteiger partial charge in [0.1, 0.15) is 11.4 Å². The number of hydrogen-bond acceptors (Lipinski definition) is 4. The van der Waals surface area contributed by atoms with Crippen molar-refractivity contribution in [3.05, 3.63) is 94.7 Å². The molecule has 5 heteroatoms. The summed E-state index contributed by atoms with van der Waals surface area (Å²) in [6, 6.07) is 20.7. The quantitative estimate of drug-likeness (QED) is 0.490. The summed E-state index contributed by atoms with van der Waals surface area (Å²) in [4.78, 5) is 28.4. The lowest BCUT2D eigenvalue weighted by atomic mass is 10.0. The Morgan fingerprint density at radius 2 is 1.52 bits per heavy atom. The molecule has 0 fully saturated rings. The Hall–Kier alpha value is -3.86. The minimum absolute atomic E-state index is 0.269. The Balaban J connectivity index is 1.79. The van der Waals surface area contributed by atoms with E-state index in [0.29, 0.717) is 28.5 Å². The highest BCUT2D eigenvalue weighted by molar-refractivity contribution is 6.46. The van der Waals surface area contributed by atoms with Gasteiger partial charge in [0.05, 0.1) is 18.4 Å². The van der Waals surface area contributed by atoms with Gasteiger partial charge in [0.2, 0.25) is 0 Å². The molecule has 2 amide bonds. The summed E-state index contributed by atoms with van der Waals surface area (Å²) < 4.78 is 5.26. The molecular formula is C28H28N2O3. The fourth-order valence-corrected chi connectivity index (χ4v) is 4.00. The molecule has 33 heavy (non-hydrogen) atoms. The summed E-state index contributed by atoms with van der Waals surface area (Å²) in [5.74, 6) is 0.317. The number of ether oxygens (including phenoxy) is 1. The van der Waals surface area contributed by atoms with Crippen LogP contribution in [-0.4, -0.2) is 18.9 Å². The van der Waals surface area contributed by atoms with E-state index in [0.717, 1.165) is 22.4 Å². The number of hydrogen-bond donors (Lipinski definition) is 1. The molecule has 3 aromatic carbocycles. The molecule has 5 nitrogen and oxygen atoms in total. The van der Waals surface area contributed by atoms with Crippen molar-refractivity contribution in [3.63, 3.8) is 0 Å². The van der Waals surface area contributed by atoms with Crippen molar-refractivity contribution in [1.29, 1.82) is 0 Å². The lowest BCUT2D eigenvalue weighted by molar-refractivity contribution is -0.120. The lowest BCUT2D eigenvalue weighted by Gasteiger charge is -2.17. The van der Waals surface area contributed by atoms with Crippen molar-refractivity contribution >= 4 is 28.8 Å². The zero-order chi connectivity index (χ0) is 23.7. The van der Waals surface area contributed by atoms with Gasteiger partial charge in [-0.3, -0.25) is 9.59 Å². The minimum atomic E-state index is -0.372. The fourth-order valence-electron chi connectivity index (χ4n) is 4.00. The SMILES string of the molecule is COc1ccc(C2=C(Nc3ccc(C)cc3C)C(=O)N(c3ccc(C(C)C)cc3)C2=O)cc1. The number of nitrogens with one attached hydrogen (secondary N) is 1. The third kappa shape index (κ3) is 4.27. The maximum atomic E-state index is 13.6. The van der Waals surface area contributed by atoms with E-state index in [2.05, 4.69) is 19.2 Å². The van der Waals surface area contributed by atoms with Crippen molar-refractivity contribution in [2.45, 2.75) is 33.6 Å². The van der Waals surface area contributed by atoms with Gasteiger partial charge in [0, 0.05) is 5.69 Å². The number of nitrogens with zero attached hydrogens (tertiary/aromatic N) is 1. The second kappa shape index (κ2) is 8.94. The van der Waals surface area contributed by atoms with Crippen LogP contribution in [0.2, 0.25) is 0 Å². The van der Waals surface area contributed by atoms with E-state index >= 15 is 0 Å². The molecule has 0 saturated heterocycles. The molecule has 168 valence electrons. The topological polar surface area (TPSA) is 58.6 Å². The van der Waals surface area contributed by atoms with Crippen LogP contribution < -0.4 is 15.0 Å². The van der Waals surface area contributed by atoms with E-state index in [4.69, 9.17) is 4.74 Å². The molecular weight excluding hydrogens is 412 g/mol. The number of methoxy groups -OCH3 is 1. The van der Waals surface area contributed by atoms with Crippen LogP contribution in [0.3, 0.4) is 0 Å². The minimum Gasteiger partial charge on any atom is -0.497 e. The molecule has 0 atom stereocenters. The first-order chi connectivity index (χ1) is 15.8. The monoisotopic (exact) mass is 440 g/mol. The predicted octanol–water partition coefficient (Wildman–Crippen LogP) is 5.83. The zero-order valence-corrected chi connectivity index (χ0v) is 19.6. The van der Waals surface area contributed by atoms with Gasteiger partial charge in [-0.15, -0.1) is 0 Å². The predicted molar refractivity (Wildman–Crippen MR) is 132 cm³/mol. The smallest absolute Gasteiger partial charge is 0.282 e. The normalized spacial score (nSPS) is 13.8. The summed E-state index contributed by atoms with van der Waals surface area (Å²) in [5, 5.41) is 3.26. The van der Waals surface area contributed by atoms with Gasteiger partial charge >= 0.3 is 0 Å². The van der Waals surface area contributed by atoms with Gasteiger partial charge in [0.25, 0.3) is 11.8 Å². The number of amides is 2. The maximum Gasteiger partial charge on any atom is 0.282 e. The van der Waals surface area contributed by atoms with E-state index in [-0.39, 0.29) is 17.5 Å². The van der Waals surface area contributed by atoms with Crippen LogP contribution in [-0.2, 0) is 9.59 Å². The van der Waals surface area contributed by atoms with Crippen molar-refractivity contribution in [1.82, 2.24) is 0 Å². The van der Waals surface area contributed by atoms with Gasteiger partial charge < -0.3 is 10.1 Å². The first kappa shape index (κ1) is 22.3. The Morgan fingerprint density at radius 1 is 0.848 bits per heavy atom. The number of carbonyl (C=O) groups excluding carboxylic acids is 2. The summed E-state index contributed by atoms with van der Waals surface area (Å²) in [5.41, 5.74) is 5.88. The summed E-state index contributed by atoms with van der Waals surface area (Å²) >= 11 is 0. The number of carbonyl (C=O) groups is 2. The molecule has 0 radical (unpaired) electrons. The molecule has 1 heterocycles. The molecule has 0 saturated carbocycles. The van der Waals surface area contributed by atoms with Gasteiger partial charge in [-0.25, -0.2) is 4.90 Å². The van der Waals surface area contributed by atoms with E-state index in [9.17, 15) is 9.59 Å². The molecule has 1 aliphatic heterocycles. The lowest BCUT2D eigenvalue weighted by Crippen LogP contribution is -2.32. The third-order valence-corrected chi connectivity index (χ3v) is 5.92.